The Bertz CT molecular complexity index is 1020. The number of amides is 1. The maximum absolute atomic E-state index is 12.2. The molecule has 2 aromatic rings. The molecule has 1 amide bonds. The van der Waals surface area contributed by atoms with Gasteiger partial charge in [0.2, 0.25) is 5.95 Å². The van der Waals surface area contributed by atoms with Crippen LogP contribution in [0.25, 0.3) is 0 Å². The van der Waals surface area contributed by atoms with E-state index in [-0.39, 0.29) is 12.0 Å². The second-order valence-corrected chi connectivity index (χ2v) is 8.96. The van der Waals surface area contributed by atoms with Crippen LogP contribution in [0.3, 0.4) is 0 Å². The van der Waals surface area contributed by atoms with Crippen LogP contribution in [0.1, 0.15) is 36.5 Å². The number of allylic oxidation sites excluding steroid dienone is 1. The number of aliphatic hydroxyl groups is 1. The minimum absolute atomic E-state index is 0.181. The first-order valence-electron chi connectivity index (χ1n) is 11.0. The lowest BCUT2D eigenvalue weighted by atomic mass is 10.0. The van der Waals surface area contributed by atoms with Crippen molar-refractivity contribution in [2.75, 3.05) is 37.3 Å². The molecule has 1 aromatic heterocycles. The van der Waals surface area contributed by atoms with Crippen LogP contribution in [0.2, 0.25) is 0 Å². The zero-order valence-electron chi connectivity index (χ0n) is 19.1. The Balaban J connectivity index is 1.60. The molecule has 0 aliphatic carbocycles. The molecule has 1 aliphatic heterocycles. The molecule has 2 heterocycles. The molecule has 9 heteroatoms. The van der Waals surface area contributed by atoms with E-state index in [0.29, 0.717) is 34.0 Å². The van der Waals surface area contributed by atoms with Crippen LogP contribution < -0.4 is 16.0 Å². The molecule has 8 nitrogen and oxygen atoms in total. The maximum atomic E-state index is 12.2. The van der Waals surface area contributed by atoms with E-state index >= 15 is 0 Å². The predicted octanol–water partition coefficient (Wildman–Crippen LogP) is 4.06. The highest BCUT2D eigenvalue weighted by Gasteiger charge is 2.15. The summed E-state index contributed by atoms with van der Waals surface area (Å²) in [5, 5.41) is 18.7. The first-order valence-corrected chi connectivity index (χ1v) is 11.8. The van der Waals surface area contributed by atoms with Gasteiger partial charge in [-0.05, 0) is 54.2 Å². The number of hydrogen-bond donors (Lipinski definition) is 4. The number of benzene rings is 1. The van der Waals surface area contributed by atoms with Crippen molar-refractivity contribution in [1.29, 1.82) is 0 Å². The number of para-hydroxylation sites is 1. The van der Waals surface area contributed by atoms with E-state index in [1.165, 1.54) is 5.57 Å². The molecule has 0 fully saturated rings. The molecule has 0 bridgehead atoms. The van der Waals surface area contributed by atoms with Gasteiger partial charge in [0.1, 0.15) is 5.82 Å². The fourth-order valence-electron chi connectivity index (χ4n) is 3.69. The van der Waals surface area contributed by atoms with E-state index < -0.39 is 0 Å². The van der Waals surface area contributed by atoms with Crippen LogP contribution in [0.5, 0.6) is 0 Å². The maximum Gasteiger partial charge on any atom is 0.253 e. The Morgan fingerprint density at radius 2 is 2.15 bits per heavy atom. The third-order valence-electron chi connectivity index (χ3n) is 5.26. The predicted molar refractivity (Wildman–Crippen MR) is 136 cm³/mol. The molecule has 0 radical (unpaired) electrons. The van der Waals surface area contributed by atoms with Crippen LogP contribution in [-0.2, 0) is 0 Å². The number of β-amino-alcohol motifs (C(OH)–C–C–N with tert-alkyl or cyclic N) is 1. The van der Waals surface area contributed by atoms with Gasteiger partial charge in [0, 0.05) is 38.6 Å². The third-order valence-corrected chi connectivity index (χ3v) is 5.84. The van der Waals surface area contributed by atoms with Crippen molar-refractivity contribution in [2.45, 2.75) is 32.3 Å². The standard InChI is InChI=1S/C24H31BrN6O2/c1-16(10-11-18-7-6-12-31(15-18)14-17(2)32)28-24-27-13-20(25)22(30-24)29-21-9-5-4-8-19(21)23(33)26-3/h4-5,7-9,13,17,32H,1,6,10-12,14-15H2,2-3H3,(H,26,33)(H2,27,28,29,30). The van der Waals surface area contributed by atoms with Crippen molar-refractivity contribution in [3.63, 3.8) is 0 Å². The molecule has 0 saturated heterocycles. The molecule has 33 heavy (non-hydrogen) atoms. The number of aromatic nitrogens is 2. The first kappa shape index (κ1) is 24.9. The quantitative estimate of drug-likeness (QED) is 0.354. The normalized spacial score (nSPS) is 14.8. The largest absolute Gasteiger partial charge is 0.392 e. The Morgan fingerprint density at radius 3 is 2.91 bits per heavy atom. The van der Waals surface area contributed by atoms with Crippen molar-refractivity contribution < 1.29 is 9.90 Å². The average Bonchev–Trinajstić information content (AvgIpc) is 2.79. The number of hydrogen-bond acceptors (Lipinski definition) is 7. The number of rotatable bonds is 10. The molecule has 1 atom stereocenters. The zero-order valence-corrected chi connectivity index (χ0v) is 20.7. The second kappa shape index (κ2) is 11.9. The smallest absolute Gasteiger partial charge is 0.253 e. The Labute approximate surface area is 203 Å². The van der Waals surface area contributed by atoms with Crippen LogP contribution in [0.4, 0.5) is 17.5 Å². The van der Waals surface area contributed by atoms with Gasteiger partial charge in [-0.1, -0.05) is 30.4 Å². The van der Waals surface area contributed by atoms with Crippen molar-refractivity contribution >= 4 is 39.3 Å². The Morgan fingerprint density at radius 1 is 1.36 bits per heavy atom. The molecular weight excluding hydrogens is 484 g/mol. The summed E-state index contributed by atoms with van der Waals surface area (Å²) in [6.45, 7) is 8.51. The van der Waals surface area contributed by atoms with Crippen LogP contribution in [-0.4, -0.2) is 58.7 Å². The monoisotopic (exact) mass is 514 g/mol. The SMILES string of the molecule is C=C(CCC1=CCCN(CC(C)O)C1)Nc1ncc(Br)c(Nc2ccccc2C(=O)NC)n1. The van der Waals surface area contributed by atoms with Crippen molar-refractivity contribution in [3.05, 3.63) is 64.4 Å². The number of carbonyl (C=O) groups is 1. The molecule has 3 rings (SSSR count). The van der Waals surface area contributed by atoms with Gasteiger partial charge < -0.3 is 21.1 Å². The number of anilines is 3. The summed E-state index contributed by atoms with van der Waals surface area (Å²) >= 11 is 3.47. The van der Waals surface area contributed by atoms with Crippen LogP contribution >= 0.6 is 15.9 Å². The molecular formula is C24H31BrN6O2. The van der Waals surface area contributed by atoms with Gasteiger partial charge in [-0.25, -0.2) is 4.98 Å². The summed E-state index contributed by atoms with van der Waals surface area (Å²) in [5.74, 6) is 0.788. The van der Waals surface area contributed by atoms with Crippen molar-refractivity contribution in [2.24, 2.45) is 0 Å². The highest BCUT2D eigenvalue weighted by Crippen LogP contribution is 2.27. The van der Waals surface area contributed by atoms with Gasteiger partial charge in [-0.15, -0.1) is 0 Å². The molecule has 1 aliphatic rings. The summed E-state index contributed by atoms with van der Waals surface area (Å²) in [7, 11) is 1.60. The van der Waals surface area contributed by atoms with E-state index in [1.807, 2.05) is 25.1 Å². The fourth-order valence-corrected chi connectivity index (χ4v) is 3.98. The van der Waals surface area contributed by atoms with Gasteiger partial charge in [-0.3, -0.25) is 9.69 Å². The topological polar surface area (TPSA) is 102 Å². The lowest BCUT2D eigenvalue weighted by Crippen LogP contribution is -2.35. The average molecular weight is 515 g/mol. The Kier molecular flexibility index (Phi) is 8.99. The molecule has 176 valence electrons. The van der Waals surface area contributed by atoms with Crippen LogP contribution in [0, 0.1) is 0 Å². The zero-order chi connectivity index (χ0) is 23.8. The van der Waals surface area contributed by atoms with Crippen LogP contribution in [0.15, 0.2) is 58.9 Å². The van der Waals surface area contributed by atoms with E-state index in [2.05, 4.69) is 59.4 Å². The highest BCUT2D eigenvalue weighted by atomic mass is 79.9. The van der Waals surface area contributed by atoms with Gasteiger partial charge in [0.25, 0.3) is 5.91 Å². The first-order chi connectivity index (χ1) is 15.9. The van der Waals surface area contributed by atoms with E-state index in [4.69, 9.17) is 0 Å². The van der Waals surface area contributed by atoms with Gasteiger partial charge >= 0.3 is 0 Å². The van der Waals surface area contributed by atoms with Crippen molar-refractivity contribution in [3.8, 4) is 0 Å². The lowest BCUT2D eigenvalue weighted by Gasteiger charge is -2.28. The summed E-state index contributed by atoms with van der Waals surface area (Å²) in [5.41, 5.74) is 3.35. The number of carbonyl (C=O) groups excluding carboxylic acids is 1. The molecule has 1 unspecified atom stereocenters. The molecule has 1 aromatic carbocycles. The molecule has 0 spiro atoms. The fraction of sp³-hybridized carbons (Fsp3) is 0.375. The number of aliphatic hydroxyl groups excluding tert-OH is 1. The summed E-state index contributed by atoms with van der Waals surface area (Å²) in [6.07, 6.45) is 6.28. The van der Waals surface area contributed by atoms with Gasteiger partial charge in [0.15, 0.2) is 0 Å². The minimum Gasteiger partial charge on any atom is -0.392 e. The second-order valence-electron chi connectivity index (χ2n) is 8.10. The van der Waals surface area contributed by atoms with Gasteiger partial charge in [-0.2, -0.15) is 4.98 Å². The summed E-state index contributed by atoms with van der Waals surface area (Å²) in [6, 6.07) is 7.24. The molecule has 4 N–H and O–H groups in total. The minimum atomic E-state index is -0.318. The summed E-state index contributed by atoms with van der Waals surface area (Å²) in [4.78, 5) is 23.3. The van der Waals surface area contributed by atoms with E-state index in [1.54, 1.807) is 19.3 Å². The van der Waals surface area contributed by atoms with E-state index in [0.717, 1.165) is 38.0 Å². The van der Waals surface area contributed by atoms with E-state index in [9.17, 15) is 9.90 Å². The van der Waals surface area contributed by atoms with Gasteiger partial charge in [0.05, 0.1) is 21.8 Å². The Hall–Kier alpha value is -2.75. The van der Waals surface area contributed by atoms with Crippen molar-refractivity contribution in [1.82, 2.24) is 20.2 Å². The number of nitrogens with zero attached hydrogens (tertiary/aromatic N) is 3. The third kappa shape index (κ3) is 7.38. The summed E-state index contributed by atoms with van der Waals surface area (Å²) < 4.78 is 0.677. The number of nitrogens with one attached hydrogen (secondary N) is 3. The number of halogens is 1. The molecule has 0 saturated carbocycles. The lowest BCUT2D eigenvalue weighted by molar-refractivity contribution is 0.0964. The highest BCUT2D eigenvalue weighted by molar-refractivity contribution is 9.10.